The van der Waals surface area contributed by atoms with E-state index in [0.717, 1.165) is 0 Å². The van der Waals surface area contributed by atoms with Crippen LogP contribution in [0.4, 0.5) is 17.1 Å². The smallest absolute Gasteiger partial charge is 0.316 e. The number of hydrazine groups is 1. The van der Waals surface area contributed by atoms with Crippen molar-refractivity contribution in [3.63, 3.8) is 0 Å². The highest BCUT2D eigenvalue weighted by Gasteiger charge is 2.23. The number of hydrogen-bond acceptors (Lipinski definition) is 6. The highest BCUT2D eigenvalue weighted by atomic mass is 16.6. The zero-order chi connectivity index (χ0) is 13.0. The first-order chi connectivity index (χ1) is 8.02. The molecular weight excluding hydrogens is 224 g/mol. The summed E-state index contributed by atoms with van der Waals surface area (Å²) in [5.74, 6) is 5.24. The number of rotatable bonds is 5. The molecule has 7 nitrogen and oxygen atoms in total. The zero-order valence-corrected chi connectivity index (χ0v) is 9.75. The van der Waals surface area contributed by atoms with E-state index in [-0.39, 0.29) is 24.0 Å². The molecule has 0 aliphatic carbocycles. The number of nitrogens with two attached hydrogens (primary N) is 1. The molecule has 1 aromatic carbocycles. The molecule has 1 aromatic rings. The van der Waals surface area contributed by atoms with Crippen LogP contribution >= 0.6 is 0 Å². The summed E-state index contributed by atoms with van der Waals surface area (Å²) in [6.07, 6.45) is 0. The predicted molar refractivity (Wildman–Crippen MR) is 65.9 cm³/mol. The zero-order valence-electron chi connectivity index (χ0n) is 9.75. The molecule has 94 valence electrons. The molecule has 0 amide bonds. The number of aliphatic hydroxyl groups excluding tert-OH is 1. The van der Waals surface area contributed by atoms with Crippen LogP contribution in [0.3, 0.4) is 0 Å². The molecule has 0 fully saturated rings. The monoisotopic (exact) mass is 240 g/mol. The second-order valence-electron chi connectivity index (χ2n) is 3.72. The summed E-state index contributed by atoms with van der Waals surface area (Å²) >= 11 is 0. The molecule has 0 radical (unpaired) electrons. The lowest BCUT2D eigenvalue weighted by Crippen LogP contribution is -2.32. The second kappa shape index (κ2) is 5.46. The number of nitro benzene ring substituents is 1. The lowest BCUT2D eigenvalue weighted by molar-refractivity contribution is -0.383. The molecule has 0 heterocycles. The fourth-order valence-electron chi connectivity index (χ4n) is 1.48. The normalized spacial score (nSPS) is 12.0. The molecule has 0 aromatic heterocycles. The van der Waals surface area contributed by atoms with Crippen LogP contribution in [0.25, 0.3) is 0 Å². The number of nitrogens with one attached hydrogen (secondary N) is 1. The maximum Gasteiger partial charge on any atom is 0.316 e. The Balaban J connectivity index is 3.27. The summed E-state index contributed by atoms with van der Waals surface area (Å²) < 4.78 is 0. The summed E-state index contributed by atoms with van der Waals surface area (Å²) in [5, 5.41) is 20.1. The largest absolute Gasteiger partial charge is 0.394 e. The van der Waals surface area contributed by atoms with Gasteiger partial charge in [0, 0.05) is 13.1 Å². The Morgan fingerprint density at radius 3 is 2.76 bits per heavy atom. The van der Waals surface area contributed by atoms with Crippen LogP contribution in [0.1, 0.15) is 6.92 Å². The fourth-order valence-corrected chi connectivity index (χ4v) is 1.48. The molecule has 7 heteroatoms. The third kappa shape index (κ3) is 2.63. The van der Waals surface area contributed by atoms with E-state index in [0.29, 0.717) is 5.69 Å². The Kier molecular flexibility index (Phi) is 4.24. The van der Waals surface area contributed by atoms with Crippen molar-refractivity contribution in [2.45, 2.75) is 13.0 Å². The Bertz CT molecular complexity index is 411. The van der Waals surface area contributed by atoms with Crippen LogP contribution in [0.15, 0.2) is 18.2 Å². The van der Waals surface area contributed by atoms with E-state index < -0.39 is 4.92 Å². The van der Waals surface area contributed by atoms with Crippen molar-refractivity contribution in [2.24, 2.45) is 5.84 Å². The number of nitrogens with zero attached hydrogens (tertiary/aromatic N) is 2. The third-order valence-corrected chi connectivity index (χ3v) is 2.66. The van der Waals surface area contributed by atoms with Gasteiger partial charge in [-0.1, -0.05) is 6.07 Å². The molecule has 0 saturated heterocycles. The van der Waals surface area contributed by atoms with E-state index in [9.17, 15) is 10.1 Å². The molecule has 1 unspecified atom stereocenters. The van der Waals surface area contributed by atoms with Crippen LogP contribution < -0.4 is 16.2 Å². The molecule has 1 atom stereocenters. The average molecular weight is 240 g/mol. The Labute approximate surface area is 99.0 Å². The first kappa shape index (κ1) is 13.2. The lowest BCUT2D eigenvalue weighted by atomic mass is 10.2. The van der Waals surface area contributed by atoms with Gasteiger partial charge in [0.05, 0.1) is 11.5 Å². The number of nitrogen functional groups attached to an aromatic ring is 1. The van der Waals surface area contributed by atoms with Crippen molar-refractivity contribution in [1.82, 2.24) is 0 Å². The number of likely N-dealkylation sites (N-methyl/N-ethyl adjacent to an activating group) is 1. The van der Waals surface area contributed by atoms with E-state index in [2.05, 4.69) is 5.43 Å². The molecule has 1 rings (SSSR count). The molecule has 0 bridgehead atoms. The first-order valence-electron chi connectivity index (χ1n) is 5.10. The van der Waals surface area contributed by atoms with Crippen LogP contribution in [0.5, 0.6) is 0 Å². The van der Waals surface area contributed by atoms with E-state index in [1.54, 1.807) is 31.0 Å². The van der Waals surface area contributed by atoms with Gasteiger partial charge >= 0.3 is 5.69 Å². The maximum absolute atomic E-state index is 11.0. The van der Waals surface area contributed by atoms with Gasteiger partial charge in [0.25, 0.3) is 0 Å². The van der Waals surface area contributed by atoms with Crippen molar-refractivity contribution < 1.29 is 10.0 Å². The number of anilines is 2. The lowest BCUT2D eigenvalue weighted by Gasteiger charge is -2.25. The molecule has 4 N–H and O–H groups in total. The van der Waals surface area contributed by atoms with Gasteiger partial charge in [-0.2, -0.15) is 0 Å². The topological polar surface area (TPSA) is 105 Å². The van der Waals surface area contributed by atoms with E-state index >= 15 is 0 Å². The SMILES string of the molecule is CC(CO)N(C)c1cccc(NN)c1[N+](=O)[O-]. The van der Waals surface area contributed by atoms with Gasteiger partial charge in [0.2, 0.25) is 0 Å². The van der Waals surface area contributed by atoms with Crippen LogP contribution in [0.2, 0.25) is 0 Å². The average Bonchev–Trinajstić information content (AvgIpc) is 2.35. The van der Waals surface area contributed by atoms with E-state index in [4.69, 9.17) is 10.9 Å². The van der Waals surface area contributed by atoms with Gasteiger partial charge < -0.3 is 15.4 Å². The Morgan fingerprint density at radius 1 is 1.65 bits per heavy atom. The van der Waals surface area contributed by atoms with Gasteiger partial charge in [-0.15, -0.1) is 0 Å². The van der Waals surface area contributed by atoms with Crippen molar-refractivity contribution in [3.05, 3.63) is 28.3 Å². The maximum atomic E-state index is 11.0. The van der Waals surface area contributed by atoms with Gasteiger partial charge in [-0.05, 0) is 19.1 Å². The first-order valence-corrected chi connectivity index (χ1v) is 5.10. The molecule has 0 saturated carbocycles. The predicted octanol–water partition coefficient (Wildman–Crippen LogP) is 0.697. The minimum Gasteiger partial charge on any atom is -0.394 e. The highest BCUT2D eigenvalue weighted by molar-refractivity contribution is 5.76. The minimum absolute atomic E-state index is 0.0893. The summed E-state index contributed by atoms with van der Waals surface area (Å²) in [4.78, 5) is 12.2. The van der Waals surface area contributed by atoms with E-state index in [1.165, 1.54) is 6.07 Å². The van der Waals surface area contributed by atoms with Crippen molar-refractivity contribution in [1.29, 1.82) is 0 Å². The summed E-state index contributed by atoms with van der Waals surface area (Å²) in [6, 6.07) is 4.59. The van der Waals surface area contributed by atoms with Crippen LogP contribution in [-0.2, 0) is 0 Å². The summed E-state index contributed by atoms with van der Waals surface area (Å²) in [5.41, 5.74) is 2.85. The van der Waals surface area contributed by atoms with Crippen LogP contribution in [0, 0.1) is 10.1 Å². The number of para-hydroxylation sites is 1. The van der Waals surface area contributed by atoms with Crippen molar-refractivity contribution >= 4 is 17.1 Å². The summed E-state index contributed by atoms with van der Waals surface area (Å²) in [6.45, 7) is 1.68. The van der Waals surface area contributed by atoms with Gasteiger partial charge in [0.15, 0.2) is 0 Å². The quantitative estimate of drug-likeness (QED) is 0.397. The number of benzene rings is 1. The van der Waals surface area contributed by atoms with Gasteiger partial charge in [-0.25, -0.2) is 0 Å². The highest BCUT2D eigenvalue weighted by Crippen LogP contribution is 2.34. The number of aliphatic hydroxyl groups is 1. The fraction of sp³-hybridized carbons (Fsp3) is 0.400. The standard InChI is InChI=1S/C10H16N4O3/c1-7(6-15)13(2)9-5-3-4-8(12-11)10(9)14(16)17/h3-5,7,12,15H,6,11H2,1-2H3. The Morgan fingerprint density at radius 2 is 2.29 bits per heavy atom. The molecule has 0 aliphatic heterocycles. The summed E-state index contributed by atoms with van der Waals surface area (Å²) in [7, 11) is 1.68. The molecular formula is C10H16N4O3. The number of nitro groups is 1. The van der Waals surface area contributed by atoms with Crippen molar-refractivity contribution in [3.8, 4) is 0 Å². The molecule has 17 heavy (non-hydrogen) atoms. The van der Waals surface area contributed by atoms with E-state index in [1.807, 2.05) is 0 Å². The third-order valence-electron chi connectivity index (χ3n) is 2.66. The van der Waals surface area contributed by atoms with Gasteiger partial charge in [-0.3, -0.25) is 16.0 Å². The number of hydrogen-bond donors (Lipinski definition) is 3. The van der Waals surface area contributed by atoms with Crippen LogP contribution in [-0.4, -0.2) is 29.7 Å². The van der Waals surface area contributed by atoms with Crippen molar-refractivity contribution in [2.75, 3.05) is 24.0 Å². The minimum atomic E-state index is -0.495. The molecule has 0 aliphatic rings. The molecule has 0 spiro atoms. The second-order valence-corrected chi connectivity index (χ2v) is 3.72. The Hall–Kier alpha value is -1.86. The van der Waals surface area contributed by atoms with Gasteiger partial charge in [0.1, 0.15) is 11.4 Å².